The summed E-state index contributed by atoms with van der Waals surface area (Å²) in [7, 11) is 0. The largest absolute Gasteiger partial charge is 0.385 e. The van der Waals surface area contributed by atoms with E-state index in [-0.39, 0.29) is 0 Å². The van der Waals surface area contributed by atoms with Gasteiger partial charge in [-0.15, -0.1) is 0 Å². The van der Waals surface area contributed by atoms with Crippen molar-refractivity contribution in [3.8, 4) is 0 Å². The molecule has 0 saturated heterocycles. The third kappa shape index (κ3) is 4.36. The van der Waals surface area contributed by atoms with Crippen LogP contribution in [-0.4, -0.2) is 29.2 Å². The summed E-state index contributed by atoms with van der Waals surface area (Å²) in [6.45, 7) is 3.25. The average Bonchev–Trinajstić information content (AvgIpc) is 2.37. The Morgan fingerprint density at radius 1 is 1.16 bits per heavy atom. The number of hydrogen-bond donors (Lipinski definition) is 3. The highest BCUT2D eigenvalue weighted by Gasteiger charge is 2.48. The Bertz CT molecular complexity index is 268. The number of rotatable bonds is 6. The van der Waals surface area contributed by atoms with E-state index in [1.807, 2.05) is 0 Å². The number of hydrogen-bond acceptors (Lipinski definition) is 3. The van der Waals surface area contributed by atoms with Crippen LogP contribution in [0, 0.1) is 11.8 Å². The van der Waals surface area contributed by atoms with Crippen molar-refractivity contribution in [1.82, 2.24) is 0 Å². The second-order valence-corrected chi connectivity index (χ2v) is 6.29. The van der Waals surface area contributed by atoms with Crippen molar-refractivity contribution in [3.63, 3.8) is 0 Å². The SMILES string of the molecule is CC(C)C(N)C(F)(F)C(O)C(N)CC1CCCCC1. The molecule has 0 spiro atoms. The molecule has 0 aromatic heterocycles. The molecule has 19 heavy (non-hydrogen) atoms. The van der Waals surface area contributed by atoms with Crippen LogP contribution in [0.5, 0.6) is 0 Å². The molecule has 1 saturated carbocycles. The van der Waals surface area contributed by atoms with Gasteiger partial charge in [-0.1, -0.05) is 46.0 Å². The lowest BCUT2D eigenvalue weighted by molar-refractivity contribution is -0.142. The molecule has 1 fully saturated rings. The normalized spacial score (nSPS) is 23.4. The molecule has 0 heterocycles. The van der Waals surface area contributed by atoms with Crippen LogP contribution in [0.25, 0.3) is 0 Å². The summed E-state index contributed by atoms with van der Waals surface area (Å²) in [5.41, 5.74) is 11.3. The molecule has 5 N–H and O–H groups in total. The van der Waals surface area contributed by atoms with Gasteiger partial charge in [0.15, 0.2) is 0 Å². The lowest BCUT2D eigenvalue weighted by Gasteiger charge is -2.35. The van der Waals surface area contributed by atoms with Gasteiger partial charge in [-0.3, -0.25) is 0 Å². The van der Waals surface area contributed by atoms with Crippen LogP contribution in [0.1, 0.15) is 52.4 Å². The predicted octanol–water partition coefficient (Wildman–Crippen LogP) is 2.26. The Labute approximate surface area is 114 Å². The molecule has 0 bridgehead atoms. The minimum Gasteiger partial charge on any atom is -0.385 e. The van der Waals surface area contributed by atoms with Crippen molar-refractivity contribution in [2.24, 2.45) is 23.3 Å². The number of aliphatic hydroxyl groups excluding tert-OH is 1. The molecule has 0 aliphatic heterocycles. The molecule has 1 aliphatic rings. The first-order valence-corrected chi connectivity index (χ1v) is 7.33. The van der Waals surface area contributed by atoms with Crippen LogP contribution in [-0.2, 0) is 0 Å². The summed E-state index contributed by atoms with van der Waals surface area (Å²) in [5, 5.41) is 9.84. The first-order chi connectivity index (χ1) is 8.76. The number of aliphatic hydroxyl groups is 1. The van der Waals surface area contributed by atoms with Gasteiger partial charge in [0, 0.05) is 6.04 Å². The van der Waals surface area contributed by atoms with Crippen molar-refractivity contribution in [2.75, 3.05) is 0 Å². The van der Waals surface area contributed by atoms with Gasteiger partial charge in [0.05, 0.1) is 6.04 Å². The van der Waals surface area contributed by atoms with Crippen LogP contribution >= 0.6 is 0 Å². The quantitative estimate of drug-likeness (QED) is 0.698. The van der Waals surface area contributed by atoms with E-state index in [0.29, 0.717) is 12.3 Å². The highest BCUT2D eigenvalue weighted by molar-refractivity contribution is 4.94. The molecule has 1 aliphatic carbocycles. The van der Waals surface area contributed by atoms with Gasteiger partial charge in [-0.2, -0.15) is 0 Å². The predicted molar refractivity (Wildman–Crippen MR) is 72.9 cm³/mol. The van der Waals surface area contributed by atoms with E-state index in [4.69, 9.17) is 11.5 Å². The van der Waals surface area contributed by atoms with E-state index in [0.717, 1.165) is 25.7 Å². The summed E-state index contributed by atoms with van der Waals surface area (Å²) >= 11 is 0. The van der Waals surface area contributed by atoms with Gasteiger partial charge in [0.25, 0.3) is 5.92 Å². The zero-order chi connectivity index (χ0) is 14.6. The van der Waals surface area contributed by atoms with E-state index < -0.39 is 30.0 Å². The minimum atomic E-state index is -3.33. The lowest BCUT2D eigenvalue weighted by atomic mass is 9.82. The Hall–Kier alpha value is -0.260. The molecule has 3 nitrogen and oxygen atoms in total. The Balaban J connectivity index is 2.56. The highest BCUT2D eigenvalue weighted by atomic mass is 19.3. The fourth-order valence-electron chi connectivity index (χ4n) is 2.86. The van der Waals surface area contributed by atoms with Crippen LogP contribution in [0.2, 0.25) is 0 Å². The van der Waals surface area contributed by atoms with E-state index in [9.17, 15) is 13.9 Å². The summed E-state index contributed by atoms with van der Waals surface area (Å²) in [6, 6.07) is -2.26. The van der Waals surface area contributed by atoms with Gasteiger partial charge in [0.1, 0.15) is 6.10 Å². The first-order valence-electron chi connectivity index (χ1n) is 7.33. The molecule has 0 aromatic rings. The van der Waals surface area contributed by atoms with Gasteiger partial charge < -0.3 is 16.6 Å². The topological polar surface area (TPSA) is 72.3 Å². The molecular weight excluding hydrogens is 250 g/mol. The van der Waals surface area contributed by atoms with E-state index in [2.05, 4.69) is 0 Å². The van der Waals surface area contributed by atoms with Crippen molar-refractivity contribution in [3.05, 3.63) is 0 Å². The average molecular weight is 278 g/mol. The summed E-state index contributed by atoms with van der Waals surface area (Å²) in [4.78, 5) is 0. The standard InChI is InChI=1S/C14H28F2N2O/c1-9(2)12(18)14(15,16)13(19)11(17)8-10-6-4-3-5-7-10/h9-13,19H,3-8,17-18H2,1-2H3. The van der Waals surface area contributed by atoms with Crippen LogP contribution in [0.4, 0.5) is 8.78 Å². The van der Waals surface area contributed by atoms with Crippen LogP contribution in [0.3, 0.4) is 0 Å². The molecule has 114 valence electrons. The first kappa shape index (κ1) is 16.8. The molecule has 3 atom stereocenters. The summed E-state index contributed by atoms with van der Waals surface area (Å²) < 4.78 is 28.0. The summed E-state index contributed by atoms with van der Waals surface area (Å²) in [5.74, 6) is -3.36. The number of halogens is 2. The zero-order valence-electron chi connectivity index (χ0n) is 12.0. The fraction of sp³-hybridized carbons (Fsp3) is 1.00. The third-order valence-electron chi connectivity index (χ3n) is 4.29. The van der Waals surface area contributed by atoms with Gasteiger partial charge >= 0.3 is 0 Å². The minimum absolute atomic E-state index is 0.365. The van der Waals surface area contributed by atoms with Gasteiger partial charge in [-0.25, -0.2) is 8.78 Å². The van der Waals surface area contributed by atoms with E-state index in [1.54, 1.807) is 13.8 Å². The molecule has 5 heteroatoms. The Morgan fingerprint density at radius 2 is 1.68 bits per heavy atom. The van der Waals surface area contributed by atoms with Gasteiger partial charge in [0.2, 0.25) is 0 Å². The second kappa shape index (κ2) is 6.95. The van der Waals surface area contributed by atoms with Crippen LogP contribution < -0.4 is 11.5 Å². The Kier molecular flexibility index (Phi) is 6.15. The molecule has 0 amide bonds. The molecule has 1 rings (SSSR count). The maximum atomic E-state index is 14.0. The monoisotopic (exact) mass is 278 g/mol. The number of alkyl halides is 2. The lowest BCUT2D eigenvalue weighted by Crippen LogP contribution is -2.58. The second-order valence-electron chi connectivity index (χ2n) is 6.29. The van der Waals surface area contributed by atoms with Crippen molar-refractivity contribution < 1.29 is 13.9 Å². The summed E-state index contributed by atoms with van der Waals surface area (Å²) in [6.07, 6.45) is 4.14. The van der Waals surface area contributed by atoms with Crippen molar-refractivity contribution in [1.29, 1.82) is 0 Å². The van der Waals surface area contributed by atoms with E-state index in [1.165, 1.54) is 6.42 Å². The van der Waals surface area contributed by atoms with Crippen molar-refractivity contribution >= 4 is 0 Å². The fourth-order valence-corrected chi connectivity index (χ4v) is 2.86. The molecule has 0 aromatic carbocycles. The molecule has 3 unspecified atom stereocenters. The van der Waals surface area contributed by atoms with Crippen LogP contribution in [0.15, 0.2) is 0 Å². The Morgan fingerprint density at radius 3 is 2.16 bits per heavy atom. The third-order valence-corrected chi connectivity index (χ3v) is 4.29. The highest BCUT2D eigenvalue weighted by Crippen LogP contribution is 2.32. The smallest absolute Gasteiger partial charge is 0.289 e. The maximum Gasteiger partial charge on any atom is 0.289 e. The van der Waals surface area contributed by atoms with Gasteiger partial charge in [-0.05, 0) is 18.3 Å². The zero-order valence-corrected chi connectivity index (χ0v) is 12.0. The maximum absolute atomic E-state index is 14.0. The number of nitrogens with two attached hydrogens (primary N) is 2. The van der Waals surface area contributed by atoms with Crippen molar-refractivity contribution in [2.45, 2.75) is 76.5 Å². The molecule has 0 radical (unpaired) electrons. The molecular formula is C14H28F2N2O. The van der Waals surface area contributed by atoms with E-state index >= 15 is 0 Å².